The number of anilines is 1. The number of aromatic nitrogens is 2. The van der Waals surface area contributed by atoms with E-state index in [9.17, 15) is 13.6 Å². The van der Waals surface area contributed by atoms with Gasteiger partial charge in [-0.25, -0.2) is 13.8 Å². The minimum atomic E-state index is -0.939. The molecule has 0 aliphatic rings. The molecule has 0 atom stereocenters. The van der Waals surface area contributed by atoms with Crippen LogP contribution in [-0.4, -0.2) is 15.3 Å². The largest absolute Gasteiger partial charge is 0.322 e. The van der Waals surface area contributed by atoms with Gasteiger partial charge in [-0.3, -0.25) is 9.20 Å². The number of fused-ring (bicyclic) bond motifs is 1. The summed E-state index contributed by atoms with van der Waals surface area (Å²) in [6.07, 6.45) is 3.38. The molecule has 0 radical (unpaired) electrons. The van der Waals surface area contributed by atoms with Crippen molar-refractivity contribution in [3.8, 4) is 22.5 Å². The highest BCUT2D eigenvalue weighted by Crippen LogP contribution is 2.31. The summed E-state index contributed by atoms with van der Waals surface area (Å²) in [4.78, 5) is 17.4. The molecule has 2 heterocycles. The van der Waals surface area contributed by atoms with Crippen molar-refractivity contribution in [1.29, 1.82) is 0 Å². The lowest BCUT2D eigenvalue weighted by molar-refractivity contribution is 0.102. The third-order valence-electron chi connectivity index (χ3n) is 5.87. The molecule has 0 aliphatic heterocycles. The first kappa shape index (κ1) is 21.5. The Labute approximate surface area is 195 Å². The Hall–Kier alpha value is -4.32. The normalized spacial score (nSPS) is 11.1. The summed E-state index contributed by atoms with van der Waals surface area (Å²) in [5, 5.41) is 2.95. The van der Waals surface area contributed by atoms with Gasteiger partial charge in [-0.1, -0.05) is 42.0 Å². The van der Waals surface area contributed by atoms with Crippen LogP contribution in [0.5, 0.6) is 0 Å². The molecule has 0 fully saturated rings. The first-order chi connectivity index (χ1) is 16.4. The number of benzene rings is 3. The summed E-state index contributed by atoms with van der Waals surface area (Å²) in [6, 6.07) is 21.0. The summed E-state index contributed by atoms with van der Waals surface area (Å²) in [7, 11) is 0. The molecule has 4 nitrogen and oxygen atoms in total. The number of carbonyl (C=O) groups excluding carboxylic acids is 1. The van der Waals surface area contributed by atoms with Crippen LogP contribution in [0.15, 0.2) is 85.2 Å². The molecule has 0 unspecified atom stereocenters. The number of nitrogens with zero attached hydrogens (tertiary/aromatic N) is 2. The van der Waals surface area contributed by atoms with Crippen molar-refractivity contribution in [1.82, 2.24) is 9.38 Å². The van der Waals surface area contributed by atoms with E-state index >= 15 is 0 Å². The van der Waals surface area contributed by atoms with E-state index in [4.69, 9.17) is 0 Å². The second-order valence-corrected chi connectivity index (χ2v) is 8.21. The quantitative estimate of drug-likeness (QED) is 0.325. The summed E-state index contributed by atoms with van der Waals surface area (Å²) < 4.78 is 30.0. The van der Waals surface area contributed by atoms with Crippen molar-refractivity contribution >= 4 is 17.1 Å². The van der Waals surface area contributed by atoms with Gasteiger partial charge in [0.25, 0.3) is 5.91 Å². The van der Waals surface area contributed by atoms with Crippen molar-refractivity contribution < 1.29 is 13.6 Å². The van der Waals surface area contributed by atoms with Gasteiger partial charge in [0.2, 0.25) is 0 Å². The smallest absolute Gasteiger partial charge is 0.255 e. The monoisotopic (exact) mass is 453 g/mol. The zero-order chi connectivity index (χ0) is 23.8. The number of hydrogen-bond acceptors (Lipinski definition) is 2. The fourth-order valence-corrected chi connectivity index (χ4v) is 4.01. The zero-order valence-electron chi connectivity index (χ0n) is 18.6. The van der Waals surface area contributed by atoms with Gasteiger partial charge in [0.05, 0.1) is 17.3 Å². The van der Waals surface area contributed by atoms with Crippen LogP contribution < -0.4 is 5.32 Å². The average molecular weight is 453 g/mol. The molecule has 0 saturated carbocycles. The van der Waals surface area contributed by atoms with Crippen LogP contribution in [-0.2, 0) is 0 Å². The van der Waals surface area contributed by atoms with Crippen molar-refractivity contribution in [3.63, 3.8) is 0 Å². The Morgan fingerprint density at radius 2 is 1.68 bits per heavy atom. The Morgan fingerprint density at radius 3 is 2.47 bits per heavy atom. The standard InChI is InChI=1S/C28H21F2N3O/c1-17-8-12-20(13-9-17)32-28(34)23-15-19(11-10-18(23)2)21-6-4-14-33-25(21)16-31-27(33)22-5-3-7-24(29)26(22)30/h3-16H,1-2H3,(H,32,34). The summed E-state index contributed by atoms with van der Waals surface area (Å²) >= 11 is 0. The first-order valence-corrected chi connectivity index (χ1v) is 10.8. The summed E-state index contributed by atoms with van der Waals surface area (Å²) in [6.45, 7) is 3.88. The molecular formula is C28H21F2N3O. The number of nitrogens with one attached hydrogen (secondary N) is 1. The highest BCUT2D eigenvalue weighted by molar-refractivity contribution is 6.06. The van der Waals surface area contributed by atoms with Crippen molar-refractivity contribution in [2.75, 3.05) is 5.32 Å². The van der Waals surface area contributed by atoms with Gasteiger partial charge in [0, 0.05) is 23.0 Å². The topological polar surface area (TPSA) is 46.4 Å². The Morgan fingerprint density at radius 1 is 0.912 bits per heavy atom. The molecule has 1 amide bonds. The van der Waals surface area contributed by atoms with E-state index < -0.39 is 11.6 Å². The van der Waals surface area contributed by atoms with Gasteiger partial charge in [0.15, 0.2) is 11.6 Å². The van der Waals surface area contributed by atoms with Crippen LogP contribution in [0.4, 0.5) is 14.5 Å². The minimum Gasteiger partial charge on any atom is -0.322 e. The number of hydrogen-bond donors (Lipinski definition) is 1. The molecule has 0 aliphatic carbocycles. The van der Waals surface area contributed by atoms with E-state index in [0.29, 0.717) is 11.4 Å². The molecule has 168 valence electrons. The number of imidazole rings is 1. The van der Waals surface area contributed by atoms with Gasteiger partial charge < -0.3 is 5.32 Å². The third-order valence-corrected chi connectivity index (χ3v) is 5.87. The van der Waals surface area contributed by atoms with Gasteiger partial charge >= 0.3 is 0 Å². The molecule has 6 heteroatoms. The van der Waals surface area contributed by atoms with E-state index in [0.717, 1.165) is 39.5 Å². The van der Waals surface area contributed by atoms with E-state index in [1.54, 1.807) is 16.8 Å². The number of amides is 1. The zero-order valence-corrected chi connectivity index (χ0v) is 18.6. The van der Waals surface area contributed by atoms with Gasteiger partial charge in [-0.15, -0.1) is 0 Å². The maximum absolute atomic E-state index is 14.4. The van der Waals surface area contributed by atoms with Gasteiger partial charge in [0.1, 0.15) is 5.82 Å². The summed E-state index contributed by atoms with van der Waals surface area (Å²) in [5.74, 6) is -1.76. The van der Waals surface area contributed by atoms with Crippen LogP contribution in [0, 0.1) is 25.5 Å². The number of halogens is 2. The van der Waals surface area contributed by atoms with E-state index in [1.165, 1.54) is 12.1 Å². The number of aryl methyl sites for hydroxylation is 2. The predicted octanol–water partition coefficient (Wildman–Crippen LogP) is 6.82. The van der Waals surface area contributed by atoms with Crippen molar-refractivity contribution in [2.45, 2.75) is 13.8 Å². The lowest BCUT2D eigenvalue weighted by Gasteiger charge is -2.12. The third kappa shape index (κ3) is 3.83. The highest BCUT2D eigenvalue weighted by atomic mass is 19.2. The van der Waals surface area contributed by atoms with Crippen LogP contribution >= 0.6 is 0 Å². The highest BCUT2D eigenvalue weighted by Gasteiger charge is 2.17. The molecule has 0 bridgehead atoms. The lowest BCUT2D eigenvalue weighted by atomic mass is 9.99. The first-order valence-electron chi connectivity index (χ1n) is 10.8. The SMILES string of the molecule is Cc1ccc(NC(=O)c2cc(-c3cccn4c(-c5cccc(F)c5F)ncc34)ccc2C)cc1. The van der Waals surface area contributed by atoms with Crippen LogP contribution in [0.3, 0.4) is 0 Å². The predicted molar refractivity (Wildman–Crippen MR) is 130 cm³/mol. The molecule has 0 spiro atoms. The maximum atomic E-state index is 14.4. The molecule has 1 N–H and O–H groups in total. The second-order valence-electron chi connectivity index (χ2n) is 8.21. The van der Waals surface area contributed by atoms with Crippen LogP contribution in [0.1, 0.15) is 21.5 Å². The van der Waals surface area contributed by atoms with E-state index in [-0.39, 0.29) is 11.5 Å². The molecular weight excluding hydrogens is 432 g/mol. The molecule has 0 saturated heterocycles. The molecule has 5 aromatic rings. The van der Waals surface area contributed by atoms with E-state index in [2.05, 4.69) is 10.3 Å². The number of rotatable bonds is 4. The van der Waals surface area contributed by atoms with Crippen LogP contribution in [0.25, 0.3) is 28.0 Å². The molecule has 3 aromatic carbocycles. The molecule has 2 aromatic heterocycles. The molecule has 34 heavy (non-hydrogen) atoms. The Bertz CT molecular complexity index is 1540. The van der Waals surface area contributed by atoms with E-state index in [1.807, 2.05) is 68.4 Å². The van der Waals surface area contributed by atoms with Crippen LogP contribution in [0.2, 0.25) is 0 Å². The van der Waals surface area contributed by atoms with Crippen molar-refractivity contribution in [2.24, 2.45) is 0 Å². The van der Waals surface area contributed by atoms with Gasteiger partial charge in [-0.05, 0) is 61.4 Å². The Balaban J connectivity index is 1.55. The molecule has 5 rings (SSSR count). The van der Waals surface area contributed by atoms with Gasteiger partial charge in [-0.2, -0.15) is 0 Å². The Kier molecular flexibility index (Phi) is 5.42. The second kappa shape index (κ2) is 8.56. The van der Waals surface area contributed by atoms with Crippen molar-refractivity contribution in [3.05, 3.63) is 114 Å². The fraction of sp³-hybridized carbons (Fsp3) is 0.0714. The fourth-order valence-electron chi connectivity index (χ4n) is 4.01. The maximum Gasteiger partial charge on any atom is 0.255 e. The lowest BCUT2D eigenvalue weighted by Crippen LogP contribution is -2.13. The number of pyridine rings is 1. The number of carbonyl (C=O) groups is 1. The summed E-state index contributed by atoms with van der Waals surface area (Å²) in [5.41, 5.74) is 5.67. The minimum absolute atomic E-state index is 0.0826. The average Bonchev–Trinajstić information content (AvgIpc) is 3.27.